The van der Waals surface area contributed by atoms with E-state index >= 15 is 0 Å². The number of pyridine rings is 1. The van der Waals surface area contributed by atoms with Gasteiger partial charge in [-0.05, 0) is 31.0 Å². The predicted octanol–water partition coefficient (Wildman–Crippen LogP) is 1.57. The molecule has 0 spiro atoms. The molecule has 0 aliphatic carbocycles. The molecule has 2 heterocycles. The normalized spacial score (nSPS) is 10.1. The van der Waals surface area contributed by atoms with Crippen molar-refractivity contribution in [1.29, 1.82) is 0 Å². The van der Waals surface area contributed by atoms with Crippen LogP contribution in [0.25, 0.3) is 0 Å². The lowest BCUT2D eigenvalue weighted by atomic mass is 10.2. The van der Waals surface area contributed by atoms with Gasteiger partial charge in [0.05, 0.1) is 0 Å². The number of likely N-dealkylation sites (N-methyl/N-ethyl adjacent to an activating group) is 1. The van der Waals surface area contributed by atoms with Gasteiger partial charge in [0.25, 0.3) is 0 Å². The fourth-order valence-corrected chi connectivity index (χ4v) is 2.32. The number of rotatable bonds is 5. The molecule has 0 saturated heterocycles. The Morgan fingerprint density at radius 3 is 2.67 bits per heavy atom. The van der Waals surface area contributed by atoms with Crippen molar-refractivity contribution in [2.75, 3.05) is 18.4 Å². The first-order chi connectivity index (χ1) is 10.2. The highest BCUT2D eigenvalue weighted by Gasteiger charge is 2.21. The van der Waals surface area contributed by atoms with Gasteiger partial charge < -0.3 is 4.90 Å². The molecule has 2 aromatic heterocycles. The average Bonchev–Trinajstić information content (AvgIpc) is 3.01. The zero-order chi connectivity index (χ0) is 15.1. The lowest BCUT2D eigenvalue weighted by Crippen LogP contribution is -2.40. The van der Waals surface area contributed by atoms with Crippen molar-refractivity contribution in [3.8, 4) is 0 Å². The largest absolute Gasteiger partial charge is 0.334 e. The van der Waals surface area contributed by atoms with E-state index in [9.17, 15) is 9.59 Å². The number of anilines is 1. The Bertz CT molecular complexity index is 586. The van der Waals surface area contributed by atoms with Crippen LogP contribution < -0.4 is 5.32 Å². The lowest BCUT2D eigenvalue weighted by Gasteiger charge is -2.19. The molecule has 6 nitrogen and oxygen atoms in total. The van der Waals surface area contributed by atoms with Crippen LogP contribution in [0.3, 0.4) is 0 Å². The molecule has 0 aliphatic heterocycles. The summed E-state index contributed by atoms with van der Waals surface area (Å²) in [6, 6.07) is 3.79. The molecule has 21 heavy (non-hydrogen) atoms. The van der Waals surface area contributed by atoms with Crippen molar-refractivity contribution >= 4 is 28.3 Å². The molecule has 0 aromatic carbocycles. The van der Waals surface area contributed by atoms with E-state index in [-0.39, 0.29) is 0 Å². The Balaban J connectivity index is 1.90. The van der Waals surface area contributed by atoms with Crippen molar-refractivity contribution in [2.45, 2.75) is 13.3 Å². The third-order valence-corrected chi connectivity index (χ3v) is 3.62. The summed E-state index contributed by atoms with van der Waals surface area (Å²) < 4.78 is 0. The maximum absolute atomic E-state index is 12.1. The number of carbonyl (C=O) groups excluding carboxylic acids is 2. The van der Waals surface area contributed by atoms with Crippen LogP contribution in [0.4, 0.5) is 5.13 Å². The lowest BCUT2D eigenvalue weighted by molar-refractivity contribution is -0.143. The molecule has 0 unspecified atom stereocenters. The van der Waals surface area contributed by atoms with E-state index in [1.165, 1.54) is 16.2 Å². The summed E-state index contributed by atoms with van der Waals surface area (Å²) in [5.74, 6) is -1.19. The highest BCUT2D eigenvalue weighted by molar-refractivity contribution is 7.13. The van der Waals surface area contributed by atoms with Crippen LogP contribution in [-0.2, 0) is 16.0 Å². The zero-order valence-electron chi connectivity index (χ0n) is 11.7. The van der Waals surface area contributed by atoms with Gasteiger partial charge in [-0.1, -0.05) is 0 Å². The minimum atomic E-state index is -0.651. The molecule has 0 fully saturated rings. The summed E-state index contributed by atoms with van der Waals surface area (Å²) in [5.41, 5.74) is 1.08. The maximum Gasteiger partial charge on any atom is 0.315 e. The van der Waals surface area contributed by atoms with Gasteiger partial charge in [-0.2, -0.15) is 0 Å². The molecular weight excluding hydrogens is 288 g/mol. The molecule has 0 saturated carbocycles. The number of aromatic nitrogens is 2. The average molecular weight is 304 g/mol. The van der Waals surface area contributed by atoms with E-state index in [1.807, 2.05) is 19.1 Å². The molecule has 0 aliphatic rings. The fraction of sp³-hybridized carbons (Fsp3) is 0.286. The number of amides is 2. The minimum Gasteiger partial charge on any atom is -0.334 e. The third-order valence-electron chi connectivity index (χ3n) is 2.94. The smallest absolute Gasteiger partial charge is 0.315 e. The van der Waals surface area contributed by atoms with E-state index in [1.54, 1.807) is 24.0 Å². The molecule has 0 bridgehead atoms. The van der Waals surface area contributed by atoms with Gasteiger partial charge >= 0.3 is 11.8 Å². The summed E-state index contributed by atoms with van der Waals surface area (Å²) >= 11 is 1.28. The van der Waals surface area contributed by atoms with Gasteiger partial charge in [0.15, 0.2) is 5.13 Å². The summed E-state index contributed by atoms with van der Waals surface area (Å²) in [7, 11) is 0. The van der Waals surface area contributed by atoms with Crippen LogP contribution in [0, 0.1) is 0 Å². The van der Waals surface area contributed by atoms with Crippen molar-refractivity contribution in [3.05, 3.63) is 41.7 Å². The van der Waals surface area contributed by atoms with Gasteiger partial charge in [-0.25, -0.2) is 4.98 Å². The van der Waals surface area contributed by atoms with Gasteiger partial charge in [0.1, 0.15) is 0 Å². The number of nitrogens with zero attached hydrogens (tertiary/aromatic N) is 3. The molecule has 110 valence electrons. The first-order valence-electron chi connectivity index (χ1n) is 6.59. The van der Waals surface area contributed by atoms with Crippen LogP contribution >= 0.6 is 11.3 Å². The van der Waals surface area contributed by atoms with E-state index in [4.69, 9.17) is 0 Å². The topological polar surface area (TPSA) is 75.2 Å². The van der Waals surface area contributed by atoms with Crippen molar-refractivity contribution in [2.24, 2.45) is 0 Å². The summed E-state index contributed by atoms with van der Waals surface area (Å²) in [6.45, 7) is 2.82. The van der Waals surface area contributed by atoms with Gasteiger partial charge in [0.2, 0.25) is 0 Å². The Labute approximate surface area is 126 Å². The van der Waals surface area contributed by atoms with Crippen LogP contribution in [0.15, 0.2) is 36.1 Å². The molecule has 2 rings (SSSR count). The second-order valence-electron chi connectivity index (χ2n) is 4.28. The Kier molecular flexibility index (Phi) is 5.39. The quantitative estimate of drug-likeness (QED) is 0.851. The summed E-state index contributed by atoms with van der Waals surface area (Å²) in [4.78, 5) is 33.4. The van der Waals surface area contributed by atoms with Crippen LogP contribution in [0.1, 0.15) is 12.5 Å². The van der Waals surface area contributed by atoms with Crippen molar-refractivity contribution in [3.63, 3.8) is 0 Å². The van der Waals surface area contributed by atoms with E-state index in [0.717, 1.165) is 5.56 Å². The fourth-order valence-electron chi connectivity index (χ4n) is 1.80. The molecule has 2 amide bonds. The number of nitrogens with one attached hydrogen (secondary N) is 1. The number of thiazole rings is 1. The second-order valence-corrected chi connectivity index (χ2v) is 5.18. The number of carbonyl (C=O) groups is 2. The van der Waals surface area contributed by atoms with Gasteiger partial charge in [0, 0.05) is 37.1 Å². The van der Waals surface area contributed by atoms with Gasteiger partial charge in [-0.15, -0.1) is 11.3 Å². The van der Waals surface area contributed by atoms with Crippen molar-refractivity contribution in [1.82, 2.24) is 14.9 Å². The van der Waals surface area contributed by atoms with Gasteiger partial charge in [-0.3, -0.25) is 19.9 Å². The minimum absolute atomic E-state index is 0.429. The zero-order valence-corrected chi connectivity index (χ0v) is 12.5. The standard InChI is InChI=1S/C14H16N4O2S/c1-2-18(9-5-11-3-6-15-7-4-11)13(20)12(19)17-14-16-8-10-21-14/h3-4,6-8,10H,2,5,9H2,1H3,(H,16,17,19). The Hall–Kier alpha value is -2.28. The summed E-state index contributed by atoms with van der Waals surface area (Å²) in [6.07, 6.45) is 5.68. The van der Waals surface area contributed by atoms with Crippen LogP contribution in [-0.4, -0.2) is 39.8 Å². The van der Waals surface area contributed by atoms with Crippen LogP contribution in [0.5, 0.6) is 0 Å². The van der Waals surface area contributed by atoms with Crippen molar-refractivity contribution < 1.29 is 9.59 Å². The first-order valence-corrected chi connectivity index (χ1v) is 7.47. The van der Waals surface area contributed by atoms with E-state index < -0.39 is 11.8 Å². The Morgan fingerprint density at radius 2 is 2.05 bits per heavy atom. The number of hydrogen-bond donors (Lipinski definition) is 1. The first kappa shape index (κ1) is 15.1. The van der Waals surface area contributed by atoms with E-state index in [0.29, 0.717) is 24.6 Å². The molecule has 1 N–H and O–H groups in total. The SMILES string of the molecule is CCN(CCc1ccncc1)C(=O)C(=O)Nc1nccs1. The monoisotopic (exact) mass is 304 g/mol. The Morgan fingerprint density at radius 1 is 1.29 bits per heavy atom. The number of hydrogen-bond acceptors (Lipinski definition) is 5. The second kappa shape index (κ2) is 7.49. The van der Waals surface area contributed by atoms with Crippen LogP contribution in [0.2, 0.25) is 0 Å². The highest BCUT2D eigenvalue weighted by Crippen LogP contribution is 2.10. The molecule has 0 atom stereocenters. The molecular formula is C14H16N4O2S. The predicted molar refractivity (Wildman–Crippen MR) is 80.9 cm³/mol. The molecule has 0 radical (unpaired) electrons. The molecule has 7 heteroatoms. The maximum atomic E-state index is 12.1. The summed E-state index contributed by atoms with van der Waals surface area (Å²) in [5, 5.41) is 4.67. The van der Waals surface area contributed by atoms with E-state index in [2.05, 4.69) is 15.3 Å². The molecule has 2 aromatic rings. The highest BCUT2D eigenvalue weighted by atomic mass is 32.1. The third kappa shape index (κ3) is 4.35.